The molecule has 1 saturated heterocycles. The van der Waals surface area contributed by atoms with Gasteiger partial charge in [-0.1, -0.05) is 17.9 Å². The standard InChI is InChI=1S/C15H17NO2S/c1-12-4-5-14(13(11-12)3-2-8-17)15(18)16-6-9-19-10-7-16/h4-5,11,17H,6-10H2,1H3. The van der Waals surface area contributed by atoms with Crippen LogP contribution in [0.15, 0.2) is 18.2 Å². The predicted octanol–water partition coefficient (Wildman–Crippen LogP) is 1.53. The zero-order valence-electron chi connectivity index (χ0n) is 11.0. The minimum absolute atomic E-state index is 0.0440. The summed E-state index contributed by atoms with van der Waals surface area (Å²) in [5.41, 5.74) is 2.41. The predicted molar refractivity (Wildman–Crippen MR) is 78.4 cm³/mol. The summed E-state index contributed by atoms with van der Waals surface area (Å²) < 4.78 is 0. The molecule has 19 heavy (non-hydrogen) atoms. The lowest BCUT2D eigenvalue weighted by atomic mass is 10.0. The number of rotatable bonds is 1. The topological polar surface area (TPSA) is 40.5 Å². The van der Waals surface area contributed by atoms with E-state index in [0.717, 1.165) is 30.2 Å². The van der Waals surface area contributed by atoms with E-state index in [4.69, 9.17) is 5.11 Å². The van der Waals surface area contributed by atoms with Crippen molar-refractivity contribution in [1.29, 1.82) is 0 Å². The van der Waals surface area contributed by atoms with Crippen LogP contribution in [-0.4, -0.2) is 47.1 Å². The van der Waals surface area contributed by atoms with Gasteiger partial charge in [-0.2, -0.15) is 11.8 Å². The third-order valence-corrected chi connectivity index (χ3v) is 3.95. The minimum atomic E-state index is -0.193. The molecule has 1 amide bonds. The molecule has 0 spiro atoms. The number of carbonyl (C=O) groups excluding carboxylic acids is 1. The van der Waals surface area contributed by atoms with Gasteiger partial charge in [0.15, 0.2) is 0 Å². The van der Waals surface area contributed by atoms with Crippen molar-refractivity contribution in [1.82, 2.24) is 4.90 Å². The molecule has 0 bridgehead atoms. The zero-order chi connectivity index (χ0) is 13.7. The summed E-state index contributed by atoms with van der Waals surface area (Å²) in [6.45, 7) is 3.37. The van der Waals surface area contributed by atoms with E-state index in [-0.39, 0.29) is 12.5 Å². The monoisotopic (exact) mass is 275 g/mol. The lowest BCUT2D eigenvalue weighted by molar-refractivity contribution is 0.0772. The van der Waals surface area contributed by atoms with Gasteiger partial charge in [0.05, 0.1) is 5.56 Å². The van der Waals surface area contributed by atoms with Crippen LogP contribution in [0.1, 0.15) is 21.5 Å². The van der Waals surface area contributed by atoms with E-state index in [1.165, 1.54) is 0 Å². The molecule has 1 aliphatic rings. The van der Waals surface area contributed by atoms with E-state index < -0.39 is 0 Å². The number of aryl methyl sites for hydroxylation is 1. The molecular weight excluding hydrogens is 258 g/mol. The maximum Gasteiger partial charge on any atom is 0.255 e. The van der Waals surface area contributed by atoms with Gasteiger partial charge in [-0.15, -0.1) is 0 Å². The molecule has 1 heterocycles. The summed E-state index contributed by atoms with van der Waals surface area (Å²) in [4.78, 5) is 14.4. The van der Waals surface area contributed by atoms with Crippen molar-refractivity contribution in [2.24, 2.45) is 0 Å². The molecule has 0 radical (unpaired) electrons. The van der Waals surface area contributed by atoms with Crippen molar-refractivity contribution in [2.75, 3.05) is 31.2 Å². The first kappa shape index (κ1) is 14.0. The third kappa shape index (κ3) is 3.52. The van der Waals surface area contributed by atoms with Gasteiger partial charge >= 0.3 is 0 Å². The Bertz CT molecular complexity index is 525. The fourth-order valence-corrected chi connectivity index (χ4v) is 2.92. The van der Waals surface area contributed by atoms with Gasteiger partial charge in [-0.3, -0.25) is 4.79 Å². The molecule has 1 aliphatic heterocycles. The number of carbonyl (C=O) groups is 1. The number of nitrogens with zero attached hydrogens (tertiary/aromatic N) is 1. The molecule has 3 nitrogen and oxygen atoms in total. The van der Waals surface area contributed by atoms with Gasteiger partial charge in [0.1, 0.15) is 6.61 Å². The zero-order valence-corrected chi connectivity index (χ0v) is 11.8. The molecule has 1 fully saturated rings. The van der Waals surface area contributed by atoms with Gasteiger partial charge in [0.2, 0.25) is 0 Å². The van der Waals surface area contributed by atoms with Crippen LogP contribution in [0.5, 0.6) is 0 Å². The molecule has 1 aromatic carbocycles. The second-order valence-corrected chi connectivity index (χ2v) is 5.64. The van der Waals surface area contributed by atoms with Crippen LogP contribution in [0.3, 0.4) is 0 Å². The van der Waals surface area contributed by atoms with E-state index >= 15 is 0 Å². The molecule has 100 valence electrons. The van der Waals surface area contributed by atoms with Crippen LogP contribution in [0, 0.1) is 18.8 Å². The molecule has 0 atom stereocenters. The summed E-state index contributed by atoms with van der Waals surface area (Å²) in [7, 11) is 0. The number of aliphatic hydroxyl groups excluding tert-OH is 1. The van der Waals surface area contributed by atoms with Crippen LogP contribution in [0.2, 0.25) is 0 Å². The lowest BCUT2D eigenvalue weighted by Crippen LogP contribution is -2.38. The summed E-state index contributed by atoms with van der Waals surface area (Å²) in [5.74, 6) is 7.53. The van der Waals surface area contributed by atoms with Crippen LogP contribution >= 0.6 is 11.8 Å². The number of thioether (sulfide) groups is 1. The first-order valence-corrected chi connectivity index (χ1v) is 7.45. The third-order valence-electron chi connectivity index (χ3n) is 3.01. The SMILES string of the molecule is Cc1ccc(C(=O)N2CCSCC2)c(C#CCO)c1. The molecule has 1 N–H and O–H groups in total. The van der Waals surface area contributed by atoms with E-state index in [1.54, 1.807) is 0 Å². The van der Waals surface area contributed by atoms with E-state index in [1.807, 2.05) is 41.8 Å². The number of hydrogen-bond donors (Lipinski definition) is 1. The van der Waals surface area contributed by atoms with E-state index in [9.17, 15) is 4.79 Å². The van der Waals surface area contributed by atoms with Crippen molar-refractivity contribution in [3.05, 3.63) is 34.9 Å². The van der Waals surface area contributed by atoms with Crippen LogP contribution in [0.25, 0.3) is 0 Å². The molecule has 0 aliphatic carbocycles. The number of aliphatic hydroxyl groups is 1. The summed E-state index contributed by atoms with van der Waals surface area (Å²) >= 11 is 1.88. The van der Waals surface area contributed by atoms with Crippen LogP contribution < -0.4 is 0 Å². The maximum atomic E-state index is 12.5. The molecular formula is C15H17NO2S. The molecule has 4 heteroatoms. The first-order valence-electron chi connectivity index (χ1n) is 6.30. The van der Waals surface area contributed by atoms with Gasteiger partial charge in [-0.05, 0) is 24.6 Å². The highest BCUT2D eigenvalue weighted by atomic mass is 32.2. The minimum Gasteiger partial charge on any atom is -0.384 e. The highest BCUT2D eigenvalue weighted by Crippen LogP contribution is 2.17. The number of amides is 1. The maximum absolute atomic E-state index is 12.5. The average Bonchev–Trinajstić information content (AvgIpc) is 2.45. The second-order valence-electron chi connectivity index (χ2n) is 4.41. The van der Waals surface area contributed by atoms with Gasteiger partial charge in [-0.25, -0.2) is 0 Å². The Morgan fingerprint density at radius 2 is 2.16 bits per heavy atom. The largest absolute Gasteiger partial charge is 0.384 e. The van der Waals surface area contributed by atoms with Crippen molar-refractivity contribution in [2.45, 2.75) is 6.92 Å². The average molecular weight is 275 g/mol. The summed E-state index contributed by atoms with van der Waals surface area (Å²) in [5, 5.41) is 8.80. The molecule has 2 rings (SSSR count). The molecule has 1 aromatic rings. The Kier molecular flexibility index (Phi) is 4.89. The van der Waals surface area contributed by atoms with Crippen molar-refractivity contribution in [3.63, 3.8) is 0 Å². The van der Waals surface area contributed by atoms with Gasteiger partial charge in [0, 0.05) is 30.2 Å². The summed E-state index contributed by atoms with van der Waals surface area (Å²) in [6, 6.07) is 5.66. The quantitative estimate of drug-likeness (QED) is 0.790. The smallest absolute Gasteiger partial charge is 0.255 e. The fourth-order valence-electron chi connectivity index (χ4n) is 2.02. The van der Waals surface area contributed by atoms with Crippen LogP contribution in [-0.2, 0) is 0 Å². The van der Waals surface area contributed by atoms with Gasteiger partial charge in [0.25, 0.3) is 5.91 Å². The summed E-state index contributed by atoms with van der Waals surface area (Å²) in [6.07, 6.45) is 0. The Labute approximate surface area is 118 Å². The van der Waals surface area contributed by atoms with Gasteiger partial charge < -0.3 is 10.0 Å². The highest BCUT2D eigenvalue weighted by Gasteiger charge is 2.20. The van der Waals surface area contributed by atoms with Crippen molar-refractivity contribution >= 4 is 17.7 Å². The van der Waals surface area contributed by atoms with Crippen LogP contribution in [0.4, 0.5) is 0 Å². The first-order chi connectivity index (χ1) is 9.22. The Morgan fingerprint density at radius 1 is 1.42 bits per heavy atom. The number of benzene rings is 1. The highest BCUT2D eigenvalue weighted by molar-refractivity contribution is 7.99. The number of hydrogen-bond acceptors (Lipinski definition) is 3. The Morgan fingerprint density at radius 3 is 2.84 bits per heavy atom. The Hall–Kier alpha value is -1.44. The van der Waals surface area contributed by atoms with Crippen molar-refractivity contribution < 1.29 is 9.90 Å². The molecule has 0 unspecified atom stereocenters. The second kappa shape index (κ2) is 6.65. The van der Waals surface area contributed by atoms with E-state index in [2.05, 4.69) is 11.8 Å². The lowest BCUT2D eigenvalue weighted by Gasteiger charge is -2.26. The fraction of sp³-hybridized carbons (Fsp3) is 0.400. The van der Waals surface area contributed by atoms with Crippen molar-refractivity contribution in [3.8, 4) is 11.8 Å². The molecule has 0 saturated carbocycles. The normalized spacial score (nSPS) is 14.7. The molecule has 0 aromatic heterocycles. The Balaban J connectivity index is 2.29. The van der Waals surface area contributed by atoms with E-state index in [0.29, 0.717) is 11.1 Å².